The molecular formula is C29H24Cl2N2O4. The van der Waals surface area contributed by atoms with Crippen molar-refractivity contribution in [3.05, 3.63) is 112 Å². The summed E-state index contributed by atoms with van der Waals surface area (Å²) in [7, 11) is 1.57. The lowest BCUT2D eigenvalue weighted by Gasteiger charge is -2.43. The van der Waals surface area contributed by atoms with Gasteiger partial charge in [-0.25, -0.2) is 0 Å². The molecule has 2 aliphatic rings. The lowest BCUT2D eigenvalue weighted by molar-refractivity contribution is -0.138. The fourth-order valence-electron chi connectivity index (χ4n) is 5.56. The molecule has 1 fully saturated rings. The third kappa shape index (κ3) is 3.97. The molecule has 1 saturated heterocycles. The van der Waals surface area contributed by atoms with Gasteiger partial charge in [0, 0.05) is 10.9 Å². The number of phenols is 1. The Labute approximate surface area is 224 Å². The molecule has 6 nitrogen and oxygen atoms in total. The van der Waals surface area contributed by atoms with E-state index >= 15 is 0 Å². The number of hydrazine groups is 1. The summed E-state index contributed by atoms with van der Waals surface area (Å²) in [6.07, 6.45) is 3.98. The Morgan fingerprint density at radius 3 is 2.51 bits per heavy atom. The average molecular weight is 535 g/mol. The quantitative estimate of drug-likeness (QED) is 0.365. The van der Waals surface area contributed by atoms with Gasteiger partial charge in [-0.05, 0) is 65.6 Å². The lowest BCUT2D eigenvalue weighted by Crippen LogP contribution is -2.48. The summed E-state index contributed by atoms with van der Waals surface area (Å²) < 4.78 is 5.35. The Balaban J connectivity index is 1.73. The molecule has 5 rings (SSSR count). The molecule has 1 aliphatic carbocycles. The number of carbonyl (C=O) groups is 2. The molecule has 0 spiro atoms. The van der Waals surface area contributed by atoms with Crippen LogP contribution < -0.4 is 10.2 Å². The third-order valence-electron chi connectivity index (χ3n) is 7.17. The number of rotatable bonds is 6. The van der Waals surface area contributed by atoms with E-state index in [-0.39, 0.29) is 16.7 Å². The number of hydrogen-bond donors (Lipinski definition) is 2. The number of phenolic OH excluding ortho intramolecular Hbond substituents is 1. The lowest BCUT2D eigenvalue weighted by atomic mass is 9.56. The van der Waals surface area contributed by atoms with Crippen LogP contribution in [0.5, 0.6) is 11.5 Å². The Hall–Kier alpha value is -3.74. The Morgan fingerprint density at radius 2 is 1.86 bits per heavy atom. The molecule has 37 heavy (non-hydrogen) atoms. The summed E-state index contributed by atoms with van der Waals surface area (Å²) in [5.41, 5.74) is 4.15. The minimum Gasteiger partial charge on any atom is -0.508 e. The Bertz CT molecular complexity index is 1440. The molecule has 0 saturated carbocycles. The molecule has 3 atom stereocenters. The second kappa shape index (κ2) is 9.61. The third-order valence-corrected chi connectivity index (χ3v) is 7.72. The fraction of sp³-hybridized carbons (Fsp3) is 0.172. The van der Waals surface area contributed by atoms with Crippen LogP contribution in [0.1, 0.15) is 23.5 Å². The van der Waals surface area contributed by atoms with E-state index in [4.69, 9.17) is 27.9 Å². The number of methoxy groups -OCH3 is 1. The van der Waals surface area contributed by atoms with Crippen LogP contribution in [-0.4, -0.2) is 29.0 Å². The number of anilines is 1. The van der Waals surface area contributed by atoms with Gasteiger partial charge in [0.15, 0.2) is 0 Å². The summed E-state index contributed by atoms with van der Waals surface area (Å²) in [6.45, 7) is 3.99. The van der Waals surface area contributed by atoms with Crippen molar-refractivity contribution in [2.45, 2.75) is 17.8 Å². The molecule has 3 aromatic carbocycles. The Kier molecular flexibility index (Phi) is 6.48. The SMILES string of the molecule is C=CC1=CCC2C(=O)N(Nc3ccc(Cl)cc3Cl)C(=O)C2(c2ccc(OC)cc2)C1c1cccc(O)c1. The smallest absolute Gasteiger partial charge is 0.260 e. The number of allylic oxidation sites excluding steroid dienone is 3. The van der Waals surface area contributed by atoms with Gasteiger partial charge in [0.2, 0.25) is 0 Å². The highest BCUT2D eigenvalue weighted by Gasteiger charge is 2.65. The van der Waals surface area contributed by atoms with Gasteiger partial charge in [0.25, 0.3) is 11.8 Å². The van der Waals surface area contributed by atoms with Crippen molar-refractivity contribution in [2.24, 2.45) is 5.92 Å². The zero-order valence-electron chi connectivity index (χ0n) is 19.9. The van der Waals surface area contributed by atoms with Crippen LogP contribution in [0.3, 0.4) is 0 Å². The number of carbonyl (C=O) groups excluding carboxylic acids is 2. The molecule has 3 unspecified atom stereocenters. The van der Waals surface area contributed by atoms with Crippen LogP contribution >= 0.6 is 23.2 Å². The first kappa shape index (κ1) is 24.9. The molecule has 3 aromatic rings. The van der Waals surface area contributed by atoms with E-state index in [0.29, 0.717) is 34.0 Å². The molecule has 1 heterocycles. The molecule has 188 valence electrons. The van der Waals surface area contributed by atoms with E-state index in [1.165, 1.54) is 6.07 Å². The first-order valence-electron chi connectivity index (χ1n) is 11.7. The molecule has 2 N–H and O–H groups in total. The summed E-state index contributed by atoms with van der Waals surface area (Å²) in [6, 6.07) is 18.7. The van der Waals surface area contributed by atoms with Crippen molar-refractivity contribution in [1.82, 2.24) is 5.01 Å². The van der Waals surface area contributed by atoms with Gasteiger partial charge in [-0.1, -0.05) is 66.2 Å². The number of amides is 2. The largest absolute Gasteiger partial charge is 0.508 e. The van der Waals surface area contributed by atoms with Crippen molar-refractivity contribution in [3.8, 4) is 11.5 Å². The number of imide groups is 1. The Morgan fingerprint density at radius 1 is 1.11 bits per heavy atom. The molecule has 8 heteroatoms. The molecule has 0 aromatic heterocycles. The second-order valence-corrected chi connectivity index (χ2v) is 9.88. The predicted molar refractivity (Wildman–Crippen MR) is 144 cm³/mol. The minimum atomic E-state index is -1.32. The van der Waals surface area contributed by atoms with Gasteiger partial charge in [-0.15, -0.1) is 0 Å². The van der Waals surface area contributed by atoms with Gasteiger partial charge in [0.1, 0.15) is 11.5 Å². The second-order valence-electron chi connectivity index (χ2n) is 9.04. The zero-order chi connectivity index (χ0) is 26.3. The van der Waals surface area contributed by atoms with Gasteiger partial charge < -0.3 is 9.84 Å². The normalized spacial score (nSPS) is 22.9. The first-order valence-corrected chi connectivity index (χ1v) is 12.4. The molecular weight excluding hydrogens is 511 g/mol. The summed E-state index contributed by atoms with van der Waals surface area (Å²) in [5, 5.41) is 12.1. The van der Waals surface area contributed by atoms with E-state index in [1.807, 2.05) is 24.3 Å². The fourth-order valence-corrected chi connectivity index (χ4v) is 6.01. The van der Waals surface area contributed by atoms with Crippen molar-refractivity contribution in [3.63, 3.8) is 0 Å². The van der Waals surface area contributed by atoms with Crippen molar-refractivity contribution >= 4 is 40.7 Å². The van der Waals surface area contributed by atoms with Gasteiger partial charge >= 0.3 is 0 Å². The molecule has 1 aliphatic heterocycles. The number of benzene rings is 3. The van der Waals surface area contributed by atoms with E-state index < -0.39 is 23.2 Å². The number of ether oxygens (including phenoxy) is 1. The maximum atomic E-state index is 14.6. The summed E-state index contributed by atoms with van der Waals surface area (Å²) >= 11 is 12.4. The van der Waals surface area contributed by atoms with Crippen LogP contribution in [0.4, 0.5) is 5.69 Å². The van der Waals surface area contributed by atoms with E-state index in [2.05, 4.69) is 12.0 Å². The first-order chi connectivity index (χ1) is 17.8. The van der Waals surface area contributed by atoms with Crippen LogP contribution in [0.25, 0.3) is 0 Å². The number of nitrogens with zero attached hydrogens (tertiary/aromatic N) is 1. The zero-order valence-corrected chi connectivity index (χ0v) is 21.5. The van der Waals surface area contributed by atoms with Crippen LogP contribution in [0, 0.1) is 5.92 Å². The van der Waals surface area contributed by atoms with Gasteiger partial charge in [-0.3, -0.25) is 15.0 Å². The van der Waals surface area contributed by atoms with E-state index in [0.717, 1.165) is 10.6 Å². The van der Waals surface area contributed by atoms with Crippen molar-refractivity contribution in [2.75, 3.05) is 12.5 Å². The predicted octanol–water partition coefficient (Wildman–Crippen LogP) is 6.26. The average Bonchev–Trinajstić information content (AvgIpc) is 3.11. The van der Waals surface area contributed by atoms with E-state index in [9.17, 15) is 14.7 Å². The standard InChI is InChI=1S/C29H24Cl2N2O4/c1-3-17-7-13-23-27(35)33(32-25-14-10-20(30)16-24(25)31)28(36)29(23,19-8-11-22(37-2)12-9-19)26(17)18-5-4-6-21(34)15-18/h3-12,14-16,23,26,32,34H,1,13H2,2H3. The number of hydrogen-bond acceptors (Lipinski definition) is 5. The maximum Gasteiger partial charge on any atom is 0.260 e. The number of nitrogens with one attached hydrogen (secondary N) is 1. The minimum absolute atomic E-state index is 0.0626. The number of fused-ring (bicyclic) bond motifs is 1. The summed E-state index contributed by atoms with van der Waals surface area (Å²) in [5.74, 6) is -1.43. The van der Waals surface area contributed by atoms with Crippen molar-refractivity contribution in [1.29, 1.82) is 0 Å². The monoisotopic (exact) mass is 534 g/mol. The number of aromatic hydroxyl groups is 1. The highest BCUT2D eigenvalue weighted by molar-refractivity contribution is 6.36. The highest BCUT2D eigenvalue weighted by Crippen LogP contribution is 2.58. The van der Waals surface area contributed by atoms with Crippen LogP contribution in [0.2, 0.25) is 10.0 Å². The van der Waals surface area contributed by atoms with Crippen molar-refractivity contribution < 1.29 is 19.4 Å². The van der Waals surface area contributed by atoms with E-state index in [1.54, 1.807) is 55.7 Å². The van der Waals surface area contributed by atoms with Crippen LogP contribution in [-0.2, 0) is 15.0 Å². The molecule has 0 radical (unpaired) electrons. The highest BCUT2D eigenvalue weighted by atomic mass is 35.5. The molecule has 0 bridgehead atoms. The summed E-state index contributed by atoms with van der Waals surface area (Å²) in [4.78, 5) is 28.5. The topological polar surface area (TPSA) is 78.9 Å². The van der Waals surface area contributed by atoms with Gasteiger partial charge in [-0.2, -0.15) is 5.01 Å². The van der Waals surface area contributed by atoms with Crippen LogP contribution in [0.15, 0.2) is 91.0 Å². The van der Waals surface area contributed by atoms with Gasteiger partial charge in [0.05, 0.1) is 29.2 Å². The molecule has 2 amide bonds. The number of halogens is 2. The maximum absolute atomic E-state index is 14.6.